The lowest BCUT2D eigenvalue weighted by atomic mass is 9.75. The molecule has 1 aliphatic rings. The quantitative estimate of drug-likeness (QED) is 0.770. The van der Waals surface area contributed by atoms with E-state index in [1.165, 1.54) is 0 Å². The molecule has 0 amide bonds. The molecule has 0 aromatic carbocycles. The van der Waals surface area contributed by atoms with Crippen LogP contribution in [0.3, 0.4) is 0 Å². The fourth-order valence-corrected chi connectivity index (χ4v) is 2.56. The number of hydrogen-bond acceptors (Lipinski definition) is 1. The lowest BCUT2D eigenvalue weighted by molar-refractivity contribution is -0.0213. The van der Waals surface area contributed by atoms with Crippen molar-refractivity contribution in [3.8, 4) is 0 Å². The lowest BCUT2D eigenvalue weighted by Crippen LogP contribution is -2.32. The van der Waals surface area contributed by atoms with Crippen LogP contribution in [0.4, 0.5) is 8.78 Å². The van der Waals surface area contributed by atoms with Crippen molar-refractivity contribution in [3.63, 3.8) is 0 Å². The van der Waals surface area contributed by atoms with Gasteiger partial charge >= 0.3 is 0 Å². The van der Waals surface area contributed by atoms with Crippen LogP contribution < -0.4 is 5.73 Å². The Morgan fingerprint density at radius 2 is 1.73 bits per heavy atom. The molecule has 0 atom stereocenters. The van der Waals surface area contributed by atoms with Gasteiger partial charge < -0.3 is 5.73 Å². The Hall–Kier alpha value is -0.180. The standard InChI is InChI=1S/C12H23F2N/c1-9(2)11-5-3-10(4-6-11)7-12(13,14)8-15/h9-11H,3-8,15H2,1-2H3. The fourth-order valence-electron chi connectivity index (χ4n) is 2.56. The largest absolute Gasteiger partial charge is 0.325 e. The summed E-state index contributed by atoms with van der Waals surface area (Å²) < 4.78 is 26.1. The van der Waals surface area contributed by atoms with Gasteiger partial charge in [-0.05, 0) is 43.4 Å². The highest BCUT2D eigenvalue weighted by Gasteiger charge is 2.33. The first-order valence-electron chi connectivity index (χ1n) is 6.02. The number of alkyl halides is 2. The van der Waals surface area contributed by atoms with Gasteiger partial charge in [-0.3, -0.25) is 0 Å². The molecule has 1 saturated carbocycles. The third-order valence-corrected chi connectivity index (χ3v) is 3.72. The summed E-state index contributed by atoms with van der Waals surface area (Å²) >= 11 is 0. The van der Waals surface area contributed by atoms with Crippen molar-refractivity contribution in [3.05, 3.63) is 0 Å². The van der Waals surface area contributed by atoms with Gasteiger partial charge in [-0.2, -0.15) is 0 Å². The molecule has 15 heavy (non-hydrogen) atoms. The van der Waals surface area contributed by atoms with E-state index in [9.17, 15) is 8.78 Å². The molecular formula is C12H23F2N. The molecule has 0 aromatic heterocycles. The van der Waals surface area contributed by atoms with Crippen molar-refractivity contribution in [2.24, 2.45) is 23.5 Å². The van der Waals surface area contributed by atoms with Crippen LogP contribution in [0.1, 0.15) is 46.0 Å². The van der Waals surface area contributed by atoms with E-state index < -0.39 is 12.5 Å². The van der Waals surface area contributed by atoms with Crippen LogP contribution in [0, 0.1) is 17.8 Å². The summed E-state index contributed by atoms with van der Waals surface area (Å²) in [6.45, 7) is 3.94. The van der Waals surface area contributed by atoms with Gasteiger partial charge in [-0.25, -0.2) is 8.78 Å². The Balaban J connectivity index is 2.32. The molecule has 0 aromatic rings. The molecule has 1 aliphatic carbocycles. The second-order valence-electron chi connectivity index (χ2n) is 5.29. The average Bonchev–Trinajstić information content (AvgIpc) is 2.18. The first kappa shape index (κ1) is 12.9. The lowest BCUT2D eigenvalue weighted by Gasteiger charge is -2.32. The minimum atomic E-state index is -2.64. The van der Waals surface area contributed by atoms with Crippen LogP contribution in [-0.2, 0) is 0 Å². The number of nitrogens with two attached hydrogens (primary N) is 1. The minimum absolute atomic E-state index is 0.00564. The van der Waals surface area contributed by atoms with E-state index in [1.807, 2.05) is 0 Å². The van der Waals surface area contributed by atoms with Crippen molar-refractivity contribution in [2.45, 2.75) is 51.9 Å². The molecule has 90 valence electrons. The summed E-state index contributed by atoms with van der Waals surface area (Å²) in [5.41, 5.74) is 5.05. The van der Waals surface area contributed by atoms with Gasteiger partial charge in [0.15, 0.2) is 0 Å². The molecule has 0 heterocycles. The number of halogens is 2. The molecule has 0 spiro atoms. The molecule has 0 bridgehead atoms. The third kappa shape index (κ3) is 4.06. The van der Waals surface area contributed by atoms with Crippen LogP contribution in [0.25, 0.3) is 0 Å². The second-order valence-corrected chi connectivity index (χ2v) is 5.29. The van der Waals surface area contributed by atoms with Crippen LogP contribution >= 0.6 is 0 Å². The Morgan fingerprint density at radius 3 is 2.13 bits per heavy atom. The molecule has 3 heteroatoms. The van der Waals surface area contributed by atoms with Crippen molar-refractivity contribution in [1.82, 2.24) is 0 Å². The predicted octanol–water partition coefficient (Wildman–Crippen LogP) is 3.43. The Labute approximate surface area is 91.4 Å². The number of rotatable bonds is 4. The van der Waals surface area contributed by atoms with E-state index in [0.717, 1.165) is 31.6 Å². The van der Waals surface area contributed by atoms with E-state index in [2.05, 4.69) is 13.8 Å². The Bertz CT molecular complexity index is 184. The first-order valence-corrected chi connectivity index (χ1v) is 6.02. The van der Waals surface area contributed by atoms with E-state index in [-0.39, 0.29) is 12.3 Å². The molecule has 0 radical (unpaired) electrons. The maximum absolute atomic E-state index is 13.1. The van der Waals surface area contributed by atoms with Gasteiger partial charge in [0.25, 0.3) is 5.92 Å². The summed E-state index contributed by atoms with van der Waals surface area (Å²) in [5.74, 6) is -1.01. The van der Waals surface area contributed by atoms with Gasteiger partial charge in [0.2, 0.25) is 0 Å². The van der Waals surface area contributed by atoms with Crippen LogP contribution in [0.5, 0.6) is 0 Å². The average molecular weight is 219 g/mol. The van der Waals surface area contributed by atoms with E-state index in [4.69, 9.17) is 5.73 Å². The Morgan fingerprint density at radius 1 is 1.20 bits per heavy atom. The molecule has 0 saturated heterocycles. The molecule has 1 rings (SSSR count). The predicted molar refractivity (Wildman–Crippen MR) is 58.9 cm³/mol. The summed E-state index contributed by atoms with van der Waals surface area (Å²) in [6.07, 6.45) is 4.14. The normalized spacial score (nSPS) is 28.4. The van der Waals surface area contributed by atoms with Crippen molar-refractivity contribution in [1.29, 1.82) is 0 Å². The second kappa shape index (κ2) is 5.24. The van der Waals surface area contributed by atoms with Gasteiger partial charge in [0, 0.05) is 6.42 Å². The van der Waals surface area contributed by atoms with Crippen LogP contribution in [-0.4, -0.2) is 12.5 Å². The molecule has 0 unspecified atom stereocenters. The fraction of sp³-hybridized carbons (Fsp3) is 1.00. The third-order valence-electron chi connectivity index (χ3n) is 3.72. The van der Waals surface area contributed by atoms with Crippen molar-refractivity contribution < 1.29 is 8.78 Å². The van der Waals surface area contributed by atoms with Crippen LogP contribution in [0.2, 0.25) is 0 Å². The smallest absolute Gasteiger partial charge is 0.260 e. The van der Waals surface area contributed by atoms with E-state index in [0.29, 0.717) is 5.92 Å². The summed E-state index contributed by atoms with van der Waals surface area (Å²) in [5, 5.41) is 0. The topological polar surface area (TPSA) is 26.0 Å². The summed E-state index contributed by atoms with van der Waals surface area (Å²) in [4.78, 5) is 0. The van der Waals surface area contributed by atoms with Crippen molar-refractivity contribution in [2.75, 3.05) is 6.54 Å². The molecule has 1 fully saturated rings. The molecule has 2 N–H and O–H groups in total. The maximum atomic E-state index is 13.1. The maximum Gasteiger partial charge on any atom is 0.260 e. The summed E-state index contributed by atoms with van der Waals surface area (Å²) in [7, 11) is 0. The monoisotopic (exact) mass is 219 g/mol. The van der Waals surface area contributed by atoms with E-state index >= 15 is 0 Å². The molecule has 1 nitrogen and oxygen atoms in total. The zero-order valence-corrected chi connectivity index (χ0v) is 9.81. The SMILES string of the molecule is CC(C)C1CCC(CC(F)(F)CN)CC1. The van der Waals surface area contributed by atoms with Crippen molar-refractivity contribution >= 4 is 0 Å². The van der Waals surface area contributed by atoms with E-state index in [1.54, 1.807) is 0 Å². The molecule has 0 aliphatic heterocycles. The highest BCUT2D eigenvalue weighted by molar-refractivity contribution is 4.79. The minimum Gasteiger partial charge on any atom is -0.325 e. The van der Waals surface area contributed by atoms with Gasteiger partial charge in [-0.15, -0.1) is 0 Å². The highest BCUT2D eigenvalue weighted by atomic mass is 19.3. The van der Waals surface area contributed by atoms with Gasteiger partial charge in [0.1, 0.15) is 0 Å². The van der Waals surface area contributed by atoms with Crippen LogP contribution in [0.15, 0.2) is 0 Å². The summed E-state index contributed by atoms with van der Waals surface area (Å²) in [6, 6.07) is 0. The molecular weight excluding hydrogens is 196 g/mol. The number of hydrogen-bond donors (Lipinski definition) is 1. The van der Waals surface area contributed by atoms with Gasteiger partial charge in [0.05, 0.1) is 6.54 Å². The highest BCUT2D eigenvalue weighted by Crippen LogP contribution is 2.37. The Kier molecular flexibility index (Phi) is 4.50. The zero-order valence-electron chi connectivity index (χ0n) is 9.81. The van der Waals surface area contributed by atoms with Gasteiger partial charge in [-0.1, -0.05) is 13.8 Å². The zero-order chi connectivity index (χ0) is 11.5. The first-order chi connectivity index (χ1) is 6.94.